The number of hydrogen-bond acceptors (Lipinski definition) is 1. The minimum absolute atomic E-state index is 0.618. The molecule has 17 heavy (non-hydrogen) atoms. The van der Waals surface area contributed by atoms with Crippen molar-refractivity contribution in [3.8, 4) is 36.5 Å². The van der Waals surface area contributed by atoms with Crippen LogP contribution in [0.4, 0.5) is 0 Å². The monoisotopic (exact) mass is 222 g/mol. The maximum absolute atomic E-state index is 10.2. The highest BCUT2D eigenvalue weighted by Gasteiger charge is 2.22. The van der Waals surface area contributed by atoms with Gasteiger partial charge >= 0.3 is 0 Å². The first kappa shape index (κ1) is 12.9. The van der Waals surface area contributed by atoms with Gasteiger partial charge in [0.2, 0.25) is 5.60 Å². The van der Waals surface area contributed by atoms with E-state index in [1.54, 1.807) is 12.1 Å². The SMILES string of the molecule is C#CCCCC#CC(O)(C#C)c1ccccc1. The first-order valence-electron chi connectivity index (χ1n) is 5.42. The third-order valence-electron chi connectivity index (χ3n) is 2.29. The maximum Gasteiger partial charge on any atom is 0.213 e. The topological polar surface area (TPSA) is 20.2 Å². The molecule has 0 bridgehead atoms. The van der Waals surface area contributed by atoms with Crippen molar-refractivity contribution < 1.29 is 5.11 Å². The van der Waals surface area contributed by atoms with Crippen LogP contribution in [0, 0.1) is 36.5 Å². The fraction of sp³-hybridized carbons (Fsp3) is 0.250. The molecule has 0 aromatic heterocycles. The second-order valence-corrected chi connectivity index (χ2v) is 3.58. The number of rotatable bonds is 3. The molecule has 0 fully saturated rings. The van der Waals surface area contributed by atoms with Gasteiger partial charge in [-0.1, -0.05) is 42.2 Å². The third-order valence-corrected chi connectivity index (χ3v) is 2.29. The quantitative estimate of drug-likeness (QED) is 0.614. The zero-order valence-corrected chi connectivity index (χ0v) is 9.61. The number of terminal acetylenes is 2. The summed E-state index contributed by atoms with van der Waals surface area (Å²) in [6.45, 7) is 0. The van der Waals surface area contributed by atoms with E-state index in [0.29, 0.717) is 18.4 Å². The number of unbranched alkanes of at least 4 members (excludes halogenated alkanes) is 2. The van der Waals surface area contributed by atoms with E-state index >= 15 is 0 Å². The van der Waals surface area contributed by atoms with Gasteiger partial charge in [0, 0.05) is 18.4 Å². The Bertz CT molecular complexity index is 490. The molecule has 0 aliphatic heterocycles. The molecule has 0 spiro atoms. The zero-order valence-electron chi connectivity index (χ0n) is 9.61. The Balaban J connectivity index is 2.78. The van der Waals surface area contributed by atoms with Gasteiger partial charge in [0.15, 0.2) is 0 Å². The van der Waals surface area contributed by atoms with Crippen molar-refractivity contribution in [1.82, 2.24) is 0 Å². The molecule has 0 saturated carbocycles. The average molecular weight is 222 g/mol. The molecule has 1 rings (SSSR count). The van der Waals surface area contributed by atoms with Crippen LogP contribution in [0.25, 0.3) is 0 Å². The molecule has 0 saturated heterocycles. The Morgan fingerprint density at radius 1 is 1.12 bits per heavy atom. The predicted molar refractivity (Wildman–Crippen MR) is 69.6 cm³/mol. The van der Waals surface area contributed by atoms with E-state index in [1.807, 2.05) is 18.2 Å². The molecule has 0 aliphatic rings. The van der Waals surface area contributed by atoms with E-state index in [1.165, 1.54) is 0 Å². The van der Waals surface area contributed by atoms with Crippen LogP contribution in [-0.2, 0) is 5.60 Å². The molecule has 0 heterocycles. The van der Waals surface area contributed by atoms with Crippen molar-refractivity contribution >= 4 is 0 Å². The minimum atomic E-state index is -1.50. The molecule has 1 aromatic carbocycles. The molecular weight excluding hydrogens is 208 g/mol. The highest BCUT2D eigenvalue weighted by atomic mass is 16.3. The Morgan fingerprint density at radius 3 is 2.41 bits per heavy atom. The average Bonchev–Trinajstić information content (AvgIpc) is 2.39. The Hall–Kier alpha value is -2.14. The number of aliphatic hydroxyl groups is 1. The van der Waals surface area contributed by atoms with Crippen molar-refractivity contribution in [2.24, 2.45) is 0 Å². The third kappa shape index (κ3) is 3.73. The van der Waals surface area contributed by atoms with Crippen LogP contribution in [-0.4, -0.2) is 5.11 Å². The van der Waals surface area contributed by atoms with Gasteiger partial charge in [-0.15, -0.1) is 18.8 Å². The number of benzene rings is 1. The van der Waals surface area contributed by atoms with Crippen molar-refractivity contribution in [3.05, 3.63) is 35.9 Å². The van der Waals surface area contributed by atoms with E-state index in [-0.39, 0.29) is 0 Å². The molecular formula is C16H14O. The van der Waals surface area contributed by atoms with Crippen LogP contribution in [0.2, 0.25) is 0 Å². The summed E-state index contributed by atoms with van der Waals surface area (Å²) in [6.07, 6.45) is 12.6. The Morgan fingerprint density at radius 2 is 1.82 bits per heavy atom. The van der Waals surface area contributed by atoms with Crippen LogP contribution in [0.5, 0.6) is 0 Å². The fourth-order valence-electron chi connectivity index (χ4n) is 1.34. The van der Waals surface area contributed by atoms with Gasteiger partial charge in [0.1, 0.15) is 0 Å². The molecule has 1 heteroatoms. The molecule has 1 atom stereocenters. The lowest BCUT2D eigenvalue weighted by atomic mass is 9.95. The van der Waals surface area contributed by atoms with Crippen LogP contribution >= 0.6 is 0 Å². The summed E-state index contributed by atoms with van der Waals surface area (Å²) in [5, 5.41) is 10.2. The highest BCUT2D eigenvalue weighted by molar-refractivity contribution is 5.40. The molecule has 1 nitrogen and oxygen atoms in total. The van der Waals surface area contributed by atoms with Crippen LogP contribution in [0.1, 0.15) is 24.8 Å². The van der Waals surface area contributed by atoms with Crippen molar-refractivity contribution in [3.63, 3.8) is 0 Å². The second kappa shape index (κ2) is 6.44. The van der Waals surface area contributed by atoms with Crippen molar-refractivity contribution in [2.45, 2.75) is 24.9 Å². The first-order chi connectivity index (χ1) is 8.23. The van der Waals surface area contributed by atoms with E-state index in [2.05, 4.69) is 23.7 Å². The first-order valence-corrected chi connectivity index (χ1v) is 5.42. The van der Waals surface area contributed by atoms with Crippen molar-refractivity contribution in [2.75, 3.05) is 0 Å². The summed E-state index contributed by atoms with van der Waals surface area (Å²) in [7, 11) is 0. The summed E-state index contributed by atoms with van der Waals surface area (Å²) in [4.78, 5) is 0. The van der Waals surface area contributed by atoms with Gasteiger partial charge < -0.3 is 5.11 Å². The van der Waals surface area contributed by atoms with E-state index < -0.39 is 5.60 Å². The van der Waals surface area contributed by atoms with Gasteiger partial charge in [-0.25, -0.2) is 0 Å². The van der Waals surface area contributed by atoms with Gasteiger partial charge in [0.25, 0.3) is 0 Å². The van der Waals surface area contributed by atoms with Gasteiger partial charge in [-0.3, -0.25) is 0 Å². The normalized spacial score (nSPS) is 12.4. The molecule has 0 radical (unpaired) electrons. The van der Waals surface area contributed by atoms with Crippen molar-refractivity contribution in [1.29, 1.82) is 0 Å². The molecule has 1 aromatic rings. The standard InChI is InChI=1S/C16H14O/c1-3-5-6-7-11-14-16(17,4-2)15-12-9-8-10-13-15/h1-2,8-10,12-13,17H,5-7H2. The lowest BCUT2D eigenvalue weighted by molar-refractivity contribution is 0.165. The van der Waals surface area contributed by atoms with Gasteiger partial charge in [-0.05, 0) is 12.3 Å². The molecule has 1 N–H and O–H groups in total. The summed E-state index contributed by atoms with van der Waals surface area (Å²) in [5.74, 6) is 10.5. The second-order valence-electron chi connectivity index (χ2n) is 3.58. The van der Waals surface area contributed by atoms with Gasteiger partial charge in [0.05, 0.1) is 0 Å². The summed E-state index contributed by atoms with van der Waals surface area (Å²) in [5.41, 5.74) is -0.885. The highest BCUT2D eigenvalue weighted by Crippen LogP contribution is 2.18. The summed E-state index contributed by atoms with van der Waals surface area (Å²) < 4.78 is 0. The largest absolute Gasteiger partial charge is 0.364 e. The predicted octanol–water partition coefficient (Wildman–Crippen LogP) is 2.31. The Labute approximate surface area is 103 Å². The minimum Gasteiger partial charge on any atom is -0.364 e. The zero-order chi connectivity index (χ0) is 12.6. The number of hydrogen-bond donors (Lipinski definition) is 1. The lowest BCUT2D eigenvalue weighted by Gasteiger charge is -2.15. The summed E-state index contributed by atoms with van der Waals surface area (Å²) in [6, 6.07) is 9.02. The smallest absolute Gasteiger partial charge is 0.213 e. The fourth-order valence-corrected chi connectivity index (χ4v) is 1.34. The Kier molecular flexibility index (Phi) is 4.90. The van der Waals surface area contributed by atoms with Crippen LogP contribution in [0.3, 0.4) is 0 Å². The van der Waals surface area contributed by atoms with E-state index in [4.69, 9.17) is 12.8 Å². The lowest BCUT2D eigenvalue weighted by Crippen LogP contribution is -2.20. The summed E-state index contributed by atoms with van der Waals surface area (Å²) >= 11 is 0. The van der Waals surface area contributed by atoms with E-state index in [9.17, 15) is 5.11 Å². The van der Waals surface area contributed by atoms with E-state index in [0.717, 1.165) is 6.42 Å². The van der Waals surface area contributed by atoms with Gasteiger partial charge in [-0.2, -0.15) is 0 Å². The maximum atomic E-state index is 10.2. The molecule has 84 valence electrons. The molecule has 0 aliphatic carbocycles. The van der Waals surface area contributed by atoms with Crippen LogP contribution < -0.4 is 0 Å². The molecule has 1 unspecified atom stereocenters. The van der Waals surface area contributed by atoms with Crippen LogP contribution in [0.15, 0.2) is 30.3 Å². The molecule has 0 amide bonds.